The van der Waals surface area contributed by atoms with Gasteiger partial charge in [-0.15, -0.1) is 11.3 Å². The van der Waals surface area contributed by atoms with Gasteiger partial charge in [0.2, 0.25) is 5.91 Å². The lowest BCUT2D eigenvalue weighted by Gasteiger charge is -2.36. The normalized spacial score (nSPS) is 18.7. The molecule has 2 amide bonds. The van der Waals surface area contributed by atoms with Gasteiger partial charge < -0.3 is 15.2 Å². The highest BCUT2D eigenvalue weighted by Gasteiger charge is 2.36. The van der Waals surface area contributed by atoms with Crippen molar-refractivity contribution in [2.24, 2.45) is 11.7 Å². The molecule has 0 radical (unpaired) electrons. The Hall–Kier alpha value is -4.00. The molecule has 1 saturated carbocycles. The zero-order valence-electron chi connectivity index (χ0n) is 24.8. The molecule has 1 aromatic heterocycles. The first-order chi connectivity index (χ1) is 20.8. The Morgan fingerprint density at radius 1 is 1.00 bits per heavy atom. The SMILES string of the molecule is C1CCOCC1.Cc1ccc(C(=O)N(c2sc(-c3ccccc3)cc2C(=O)OC(C)C#N)C2CCC(C(N)=O)CC2)cc1. The Morgan fingerprint density at radius 2 is 1.65 bits per heavy atom. The maximum atomic E-state index is 14.0. The number of rotatable bonds is 7. The summed E-state index contributed by atoms with van der Waals surface area (Å²) in [6, 6.07) is 20.3. The molecular formula is C34H39N3O5S. The molecule has 0 spiro atoms. The van der Waals surface area contributed by atoms with E-state index in [1.54, 1.807) is 23.1 Å². The van der Waals surface area contributed by atoms with Gasteiger partial charge in [0, 0.05) is 35.6 Å². The van der Waals surface area contributed by atoms with E-state index in [1.807, 2.05) is 55.5 Å². The lowest BCUT2D eigenvalue weighted by Crippen LogP contribution is -2.44. The minimum Gasteiger partial charge on any atom is -0.444 e. The number of nitrogens with two attached hydrogens (primary N) is 1. The molecule has 0 bridgehead atoms. The van der Waals surface area contributed by atoms with Gasteiger partial charge in [-0.3, -0.25) is 14.5 Å². The predicted molar refractivity (Wildman–Crippen MR) is 168 cm³/mol. The third-order valence-electron chi connectivity index (χ3n) is 7.73. The fourth-order valence-corrected chi connectivity index (χ4v) is 6.49. The molecule has 1 aliphatic heterocycles. The van der Waals surface area contributed by atoms with Crippen LogP contribution in [0.25, 0.3) is 10.4 Å². The van der Waals surface area contributed by atoms with E-state index in [2.05, 4.69) is 0 Å². The van der Waals surface area contributed by atoms with Gasteiger partial charge in [0.15, 0.2) is 6.10 Å². The van der Waals surface area contributed by atoms with E-state index in [9.17, 15) is 19.6 Å². The highest BCUT2D eigenvalue weighted by atomic mass is 32.1. The van der Waals surface area contributed by atoms with E-state index in [0.717, 1.165) is 29.2 Å². The molecule has 9 heteroatoms. The molecule has 8 nitrogen and oxygen atoms in total. The molecule has 2 aliphatic rings. The molecule has 3 aromatic rings. The number of hydrogen-bond acceptors (Lipinski definition) is 7. The van der Waals surface area contributed by atoms with Crippen LogP contribution in [0.4, 0.5) is 5.00 Å². The van der Waals surface area contributed by atoms with Crippen molar-refractivity contribution in [3.05, 3.63) is 77.4 Å². The minimum absolute atomic E-state index is 0.225. The average Bonchev–Trinajstić information content (AvgIpc) is 3.48. The van der Waals surface area contributed by atoms with Crippen LogP contribution in [-0.2, 0) is 14.3 Å². The number of amides is 2. The highest BCUT2D eigenvalue weighted by molar-refractivity contribution is 7.20. The summed E-state index contributed by atoms with van der Waals surface area (Å²) >= 11 is 1.34. The van der Waals surface area contributed by atoms with Crippen molar-refractivity contribution in [3.8, 4) is 16.5 Å². The Labute approximate surface area is 257 Å². The summed E-state index contributed by atoms with van der Waals surface area (Å²) in [7, 11) is 0. The Morgan fingerprint density at radius 3 is 2.19 bits per heavy atom. The number of carbonyl (C=O) groups is 3. The van der Waals surface area contributed by atoms with E-state index < -0.39 is 12.1 Å². The number of nitrogens with zero attached hydrogens (tertiary/aromatic N) is 2. The summed E-state index contributed by atoms with van der Waals surface area (Å²) < 4.78 is 10.4. The number of carbonyl (C=O) groups excluding carboxylic acids is 3. The molecule has 2 N–H and O–H groups in total. The van der Waals surface area contributed by atoms with Crippen molar-refractivity contribution in [2.45, 2.75) is 70.9 Å². The quantitative estimate of drug-likeness (QED) is 0.302. The highest BCUT2D eigenvalue weighted by Crippen LogP contribution is 2.42. The first kappa shape index (κ1) is 31.9. The van der Waals surface area contributed by atoms with Gasteiger partial charge in [-0.25, -0.2) is 4.79 Å². The third-order valence-corrected chi connectivity index (χ3v) is 8.92. The third kappa shape index (κ3) is 8.53. The van der Waals surface area contributed by atoms with Crippen LogP contribution >= 0.6 is 11.3 Å². The fraction of sp³-hybridized carbons (Fsp3) is 0.412. The number of benzene rings is 2. The summed E-state index contributed by atoms with van der Waals surface area (Å²) in [6.45, 7) is 5.45. The second-order valence-electron chi connectivity index (χ2n) is 11.0. The topological polar surface area (TPSA) is 123 Å². The van der Waals surface area contributed by atoms with E-state index in [4.69, 9.17) is 15.2 Å². The van der Waals surface area contributed by atoms with Gasteiger partial charge in [0.25, 0.3) is 5.91 Å². The van der Waals surface area contributed by atoms with Crippen LogP contribution < -0.4 is 10.6 Å². The number of esters is 1. The zero-order valence-corrected chi connectivity index (χ0v) is 25.6. The maximum absolute atomic E-state index is 14.0. The summed E-state index contributed by atoms with van der Waals surface area (Å²) in [4.78, 5) is 41.5. The van der Waals surface area contributed by atoms with Crippen LogP contribution in [0.3, 0.4) is 0 Å². The van der Waals surface area contributed by atoms with Crippen molar-refractivity contribution in [1.82, 2.24) is 0 Å². The second-order valence-corrected chi connectivity index (χ2v) is 12.0. The second kappa shape index (κ2) is 15.5. The van der Waals surface area contributed by atoms with Crippen LogP contribution in [0.5, 0.6) is 0 Å². The lowest BCUT2D eigenvalue weighted by molar-refractivity contribution is -0.122. The molecule has 2 heterocycles. The van der Waals surface area contributed by atoms with Gasteiger partial charge in [-0.2, -0.15) is 5.26 Å². The summed E-state index contributed by atoms with van der Waals surface area (Å²) in [6.07, 6.45) is 5.28. The zero-order chi connectivity index (χ0) is 30.8. The minimum atomic E-state index is -0.937. The first-order valence-corrected chi connectivity index (χ1v) is 15.7. The van der Waals surface area contributed by atoms with Gasteiger partial charge in [-0.05, 0) is 82.6 Å². The van der Waals surface area contributed by atoms with Crippen molar-refractivity contribution >= 4 is 34.1 Å². The molecule has 1 aliphatic carbocycles. The Bertz CT molecular complexity index is 1410. The number of primary amides is 1. The first-order valence-electron chi connectivity index (χ1n) is 14.9. The number of anilines is 1. The molecule has 1 saturated heterocycles. The Kier molecular flexibility index (Phi) is 11.5. The molecule has 5 rings (SSSR count). The molecule has 2 fully saturated rings. The van der Waals surface area contributed by atoms with Gasteiger partial charge in [-0.1, -0.05) is 48.0 Å². The van der Waals surface area contributed by atoms with Crippen LogP contribution in [0.15, 0.2) is 60.7 Å². The smallest absolute Gasteiger partial charge is 0.342 e. The van der Waals surface area contributed by atoms with Crippen molar-refractivity contribution in [1.29, 1.82) is 5.26 Å². The molecule has 226 valence electrons. The van der Waals surface area contributed by atoms with E-state index in [1.165, 1.54) is 37.5 Å². The Balaban J connectivity index is 0.000000628. The molecular weight excluding hydrogens is 562 g/mol. The lowest BCUT2D eigenvalue weighted by atomic mass is 9.84. The van der Waals surface area contributed by atoms with Gasteiger partial charge in [0.05, 0.1) is 5.56 Å². The number of ether oxygens (including phenoxy) is 2. The molecule has 2 aromatic carbocycles. The maximum Gasteiger partial charge on any atom is 0.342 e. The van der Waals surface area contributed by atoms with Crippen LogP contribution in [0, 0.1) is 24.2 Å². The van der Waals surface area contributed by atoms with Crippen LogP contribution in [0.2, 0.25) is 0 Å². The molecule has 43 heavy (non-hydrogen) atoms. The number of nitriles is 1. The monoisotopic (exact) mass is 601 g/mol. The van der Waals surface area contributed by atoms with Gasteiger partial charge >= 0.3 is 5.97 Å². The number of thiophene rings is 1. The van der Waals surface area contributed by atoms with Crippen LogP contribution in [0.1, 0.15) is 78.1 Å². The van der Waals surface area contributed by atoms with Crippen molar-refractivity contribution in [3.63, 3.8) is 0 Å². The largest absolute Gasteiger partial charge is 0.444 e. The summed E-state index contributed by atoms with van der Waals surface area (Å²) in [5, 5.41) is 9.67. The standard InChI is InChI=1S/C29H29N3O4S.C5H10O/c1-18-8-10-22(11-9-18)27(34)32(23-14-12-21(13-15-23)26(31)33)28-24(29(35)36-19(2)17-30)16-25(37-28)20-6-4-3-5-7-20;1-2-4-6-5-3-1/h3-11,16,19,21,23H,12-15H2,1-2H3,(H2,31,33);1-5H2. The van der Waals surface area contributed by atoms with E-state index in [-0.39, 0.29) is 29.3 Å². The molecule has 1 atom stereocenters. The van der Waals surface area contributed by atoms with Crippen molar-refractivity contribution < 1.29 is 23.9 Å². The van der Waals surface area contributed by atoms with E-state index >= 15 is 0 Å². The van der Waals surface area contributed by atoms with E-state index in [0.29, 0.717) is 36.2 Å². The van der Waals surface area contributed by atoms with Crippen molar-refractivity contribution in [2.75, 3.05) is 18.1 Å². The van der Waals surface area contributed by atoms with Gasteiger partial charge in [0.1, 0.15) is 11.1 Å². The predicted octanol–water partition coefficient (Wildman–Crippen LogP) is 6.67. The average molecular weight is 602 g/mol. The summed E-state index contributed by atoms with van der Waals surface area (Å²) in [5.41, 5.74) is 8.23. The number of hydrogen-bond donors (Lipinski definition) is 1. The summed E-state index contributed by atoms with van der Waals surface area (Å²) in [5.74, 6) is -1.44. The van der Waals surface area contributed by atoms with Crippen LogP contribution in [-0.4, -0.2) is 43.1 Å². The fourth-order valence-electron chi connectivity index (χ4n) is 5.27. The molecule has 1 unspecified atom stereocenters. The number of aryl methyl sites for hydroxylation is 1.